The van der Waals surface area contributed by atoms with Gasteiger partial charge in [0.15, 0.2) is 0 Å². The molecule has 12 heavy (non-hydrogen) atoms. The van der Waals surface area contributed by atoms with Gasteiger partial charge in [-0.15, -0.1) is 0 Å². The molecule has 0 amide bonds. The van der Waals surface area contributed by atoms with Crippen molar-refractivity contribution in [2.75, 3.05) is 24.7 Å². The van der Waals surface area contributed by atoms with Crippen molar-refractivity contribution in [3.8, 4) is 0 Å². The van der Waals surface area contributed by atoms with E-state index in [0.717, 1.165) is 19.4 Å². The number of hydrogen-bond donors (Lipinski definition) is 2. The molecule has 0 aliphatic rings. The van der Waals surface area contributed by atoms with E-state index in [2.05, 4.69) is 19.2 Å². The zero-order valence-corrected chi connectivity index (χ0v) is 8.99. The predicted molar refractivity (Wildman–Crippen MR) is 56.8 cm³/mol. The molecule has 0 aromatic rings. The molecule has 0 rings (SSSR count). The van der Waals surface area contributed by atoms with Crippen LogP contribution < -0.4 is 5.32 Å². The predicted octanol–water partition coefficient (Wildman–Crippen LogP) is 1.49. The van der Waals surface area contributed by atoms with Gasteiger partial charge in [-0.1, -0.05) is 13.8 Å². The maximum absolute atomic E-state index is 8.73. The molecule has 0 aliphatic heterocycles. The van der Waals surface area contributed by atoms with Crippen LogP contribution >= 0.6 is 11.8 Å². The number of aliphatic hydroxyl groups is 1. The summed E-state index contributed by atoms with van der Waals surface area (Å²) in [5.74, 6) is 2.37. The Bertz CT molecular complexity index is 90.6. The largest absolute Gasteiger partial charge is 0.396 e. The minimum absolute atomic E-state index is 0.298. The van der Waals surface area contributed by atoms with Crippen molar-refractivity contribution in [3.63, 3.8) is 0 Å². The lowest BCUT2D eigenvalue weighted by Gasteiger charge is -2.14. The first kappa shape index (κ1) is 12.3. The molecule has 0 saturated heterocycles. The summed E-state index contributed by atoms with van der Waals surface area (Å²) >= 11 is 1.95. The van der Waals surface area contributed by atoms with Gasteiger partial charge in [0.25, 0.3) is 0 Å². The van der Waals surface area contributed by atoms with Crippen LogP contribution in [0, 0.1) is 0 Å². The Labute approximate surface area is 80.1 Å². The van der Waals surface area contributed by atoms with Gasteiger partial charge in [0.05, 0.1) is 0 Å². The van der Waals surface area contributed by atoms with E-state index in [0.29, 0.717) is 12.6 Å². The lowest BCUT2D eigenvalue weighted by atomic mass is 10.1. The fourth-order valence-corrected chi connectivity index (χ4v) is 1.64. The van der Waals surface area contributed by atoms with Crippen LogP contribution in [0.2, 0.25) is 0 Å². The molecule has 0 aliphatic carbocycles. The standard InChI is InChI=1S/C9H21NOS/c1-3-9(5-7-11)10-6-8-12-4-2/h9-11H,3-8H2,1-2H3. The van der Waals surface area contributed by atoms with E-state index < -0.39 is 0 Å². The highest BCUT2D eigenvalue weighted by Gasteiger charge is 2.02. The maximum Gasteiger partial charge on any atom is 0.0445 e. The third-order valence-electron chi connectivity index (χ3n) is 1.85. The highest BCUT2D eigenvalue weighted by Crippen LogP contribution is 1.99. The first-order valence-corrected chi connectivity index (χ1v) is 5.92. The molecule has 0 saturated carbocycles. The Balaban J connectivity index is 3.19. The Morgan fingerprint density at radius 3 is 2.67 bits per heavy atom. The second-order valence-corrected chi connectivity index (χ2v) is 4.16. The van der Waals surface area contributed by atoms with Gasteiger partial charge in [0.2, 0.25) is 0 Å². The topological polar surface area (TPSA) is 32.3 Å². The molecule has 1 unspecified atom stereocenters. The van der Waals surface area contributed by atoms with Crippen molar-refractivity contribution >= 4 is 11.8 Å². The third kappa shape index (κ3) is 6.95. The molecule has 2 N–H and O–H groups in total. The van der Waals surface area contributed by atoms with E-state index >= 15 is 0 Å². The minimum Gasteiger partial charge on any atom is -0.396 e. The maximum atomic E-state index is 8.73. The van der Waals surface area contributed by atoms with Crippen LogP contribution in [0.3, 0.4) is 0 Å². The van der Waals surface area contributed by atoms with E-state index in [4.69, 9.17) is 5.11 Å². The van der Waals surface area contributed by atoms with Crippen LogP contribution in [-0.4, -0.2) is 35.8 Å². The molecule has 3 heteroatoms. The summed E-state index contributed by atoms with van der Waals surface area (Å²) in [6.07, 6.45) is 1.99. The van der Waals surface area contributed by atoms with E-state index in [1.807, 2.05) is 11.8 Å². The molecular formula is C9H21NOS. The first-order valence-electron chi connectivity index (χ1n) is 4.77. The van der Waals surface area contributed by atoms with Gasteiger partial charge in [0, 0.05) is 24.9 Å². The summed E-state index contributed by atoms with van der Waals surface area (Å²) in [5, 5.41) is 12.1. The monoisotopic (exact) mass is 191 g/mol. The lowest BCUT2D eigenvalue weighted by Crippen LogP contribution is -2.31. The van der Waals surface area contributed by atoms with Crippen LogP contribution in [0.5, 0.6) is 0 Å². The van der Waals surface area contributed by atoms with Crippen LogP contribution in [0.4, 0.5) is 0 Å². The number of thioether (sulfide) groups is 1. The van der Waals surface area contributed by atoms with Crippen molar-refractivity contribution in [1.29, 1.82) is 0 Å². The minimum atomic E-state index is 0.298. The van der Waals surface area contributed by atoms with E-state index in [1.54, 1.807) is 0 Å². The molecule has 1 atom stereocenters. The molecule has 0 radical (unpaired) electrons. The van der Waals surface area contributed by atoms with Gasteiger partial charge in [-0.2, -0.15) is 11.8 Å². The van der Waals surface area contributed by atoms with Gasteiger partial charge in [-0.25, -0.2) is 0 Å². The average Bonchev–Trinajstić information content (AvgIpc) is 2.10. The van der Waals surface area contributed by atoms with Crippen molar-refractivity contribution in [3.05, 3.63) is 0 Å². The van der Waals surface area contributed by atoms with E-state index in [9.17, 15) is 0 Å². The number of hydrogen-bond acceptors (Lipinski definition) is 3. The van der Waals surface area contributed by atoms with Crippen molar-refractivity contribution in [2.24, 2.45) is 0 Å². The van der Waals surface area contributed by atoms with Gasteiger partial charge >= 0.3 is 0 Å². The number of rotatable bonds is 8. The van der Waals surface area contributed by atoms with Crippen molar-refractivity contribution in [2.45, 2.75) is 32.7 Å². The van der Waals surface area contributed by atoms with Gasteiger partial charge in [-0.05, 0) is 18.6 Å². The SMILES string of the molecule is CCSCCNC(CC)CCO. The third-order valence-corrected chi connectivity index (χ3v) is 2.75. The molecule has 2 nitrogen and oxygen atoms in total. The molecule has 0 bridgehead atoms. The highest BCUT2D eigenvalue weighted by atomic mass is 32.2. The number of aliphatic hydroxyl groups excluding tert-OH is 1. The Kier molecular flexibility index (Phi) is 9.57. The van der Waals surface area contributed by atoms with Crippen LogP contribution in [-0.2, 0) is 0 Å². The molecule has 0 heterocycles. The Hall–Kier alpha value is 0.270. The summed E-state index contributed by atoms with van der Waals surface area (Å²) in [6, 6.07) is 0.507. The lowest BCUT2D eigenvalue weighted by molar-refractivity contribution is 0.263. The molecular weight excluding hydrogens is 170 g/mol. The Morgan fingerprint density at radius 2 is 2.17 bits per heavy atom. The highest BCUT2D eigenvalue weighted by molar-refractivity contribution is 7.99. The van der Waals surface area contributed by atoms with Crippen LogP contribution in [0.25, 0.3) is 0 Å². The quantitative estimate of drug-likeness (QED) is 0.570. The summed E-state index contributed by atoms with van der Waals surface area (Å²) in [5.41, 5.74) is 0. The summed E-state index contributed by atoms with van der Waals surface area (Å²) in [6.45, 7) is 5.69. The normalized spacial score (nSPS) is 13.2. The fraction of sp³-hybridized carbons (Fsp3) is 1.00. The van der Waals surface area contributed by atoms with Crippen molar-refractivity contribution in [1.82, 2.24) is 5.32 Å². The second kappa shape index (κ2) is 9.36. The summed E-state index contributed by atoms with van der Waals surface area (Å²) < 4.78 is 0. The van der Waals surface area contributed by atoms with Crippen molar-refractivity contribution < 1.29 is 5.11 Å². The smallest absolute Gasteiger partial charge is 0.0445 e. The summed E-state index contributed by atoms with van der Waals surface area (Å²) in [4.78, 5) is 0. The molecule has 0 spiro atoms. The van der Waals surface area contributed by atoms with Gasteiger partial charge in [-0.3, -0.25) is 0 Å². The van der Waals surface area contributed by atoms with Crippen LogP contribution in [0.15, 0.2) is 0 Å². The van der Waals surface area contributed by atoms with E-state index in [1.165, 1.54) is 11.5 Å². The molecule has 0 aromatic heterocycles. The fourth-order valence-electron chi connectivity index (χ4n) is 1.09. The number of nitrogens with one attached hydrogen (secondary N) is 1. The van der Waals surface area contributed by atoms with E-state index in [-0.39, 0.29) is 0 Å². The molecule has 0 fully saturated rings. The first-order chi connectivity index (χ1) is 5.85. The summed E-state index contributed by atoms with van der Waals surface area (Å²) in [7, 11) is 0. The second-order valence-electron chi connectivity index (χ2n) is 2.77. The van der Waals surface area contributed by atoms with Gasteiger partial charge in [0.1, 0.15) is 0 Å². The zero-order chi connectivity index (χ0) is 9.23. The average molecular weight is 191 g/mol. The Morgan fingerprint density at radius 1 is 1.42 bits per heavy atom. The van der Waals surface area contributed by atoms with Gasteiger partial charge < -0.3 is 10.4 Å². The molecule has 74 valence electrons. The van der Waals surface area contributed by atoms with Crippen LogP contribution in [0.1, 0.15) is 26.7 Å². The zero-order valence-electron chi connectivity index (χ0n) is 8.18. The molecule has 0 aromatic carbocycles.